The zero-order chi connectivity index (χ0) is 25.6. The van der Waals surface area contributed by atoms with Crippen LogP contribution >= 0.6 is 0 Å². The Labute approximate surface area is 221 Å². The second-order valence-electron chi connectivity index (χ2n) is 10.3. The van der Waals surface area contributed by atoms with Crippen LogP contribution < -0.4 is 4.74 Å². The number of fused-ring (bicyclic) bond motifs is 1. The molecule has 0 spiro atoms. The molecule has 0 bridgehead atoms. The van der Waals surface area contributed by atoms with E-state index >= 15 is 0 Å². The first-order valence-corrected chi connectivity index (χ1v) is 13.5. The van der Waals surface area contributed by atoms with Crippen molar-refractivity contribution >= 4 is 11.0 Å². The first-order chi connectivity index (χ1) is 18.7. The second-order valence-corrected chi connectivity index (χ2v) is 10.3. The summed E-state index contributed by atoms with van der Waals surface area (Å²) in [5.41, 5.74) is 5.89. The van der Waals surface area contributed by atoms with Crippen molar-refractivity contribution < 1.29 is 4.74 Å². The number of aromatic nitrogens is 8. The van der Waals surface area contributed by atoms with Gasteiger partial charge in [0, 0.05) is 30.4 Å². The van der Waals surface area contributed by atoms with Crippen LogP contribution in [0.15, 0.2) is 49.2 Å². The molecule has 4 aromatic heterocycles. The number of hydrogen-bond donors (Lipinski definition) is 0. The first-order valence-electron chi connectivity index (χ1n) is 13.5. The number of benzene rings is 1. The van der Waals surface area contributed by atoms with E-state index in [1.807, 2.05) is 24.0 Å². The van der Waals surface area contributed by atoms with E-state index < -0.39 is 0 Å². The molecule has 5 aromatic rings. The smallest absolute Gasteiger partial charge is 0.228 e. The molecule has 7 rings (SSSR count). The van der Waals surface area contributed by atoms with E-state index in [2.05, 4.69) is 57.0 Å². The zero-order valence-electron chi connectivity index (χ0n) is 21.7. The highest BCUT2D eigenvalue weighted by Gasteiger charge is 2.33. The predicted octanol–water partition coefficient (Wildman–Crippen LogP) is 5.33. The molecule has 1 aromatic carbocycles. The number of rotatable bonds is 8. The van der Waals surface area contributed by atoms with Gasteiger partial charge in [0.2, 0.25) is 5.88 Å². The minimum absolute atomic E-state index is 0.215. The summed E-state index contributed by atoms with van der Waals surface area (Å²) in [6, 6.07) is 8.52. The molecule has 9 nitrogen and oxygen atoms in total. The third-order valence-electron chi connectivity index (χ3n) is 7.52. The van der Waals surface area contributed by atoms with Crippen LogP contribution in [0.1, 0.15) is 61.9 Å². The molecule has 192 valence electrons. The summed E-state index contributed by atoms with van der Waals surface area (Å²) in [7, 11) is 0. The highest BCUT2D eigenvalue weighted by Crippen LogP contribution is 2.45. The molecule has 4 heterocycles. The van der Waals surface area contributed by atoms with Gasteiger partial charge in [-0.25, -0.2) is 29.6 Å². The first kappa shape index (κ1) is 23.0. The quantitative estimate of drug-likeness (QED) is 0.281. The Hall–Kier alpha value is -4.14. The lowest BCUT2D eigenvalue weighted by molar-refractivity contribution is 0.115. The van der Waals surface area contributed by atoms with Crippen LogP contribution in [-0.4, -0.2) is 45.4 Å². The largest absolute Gasteiger partial charge is 0.474 e. The summed E-state index contributed by atoms with van der Waals surface area (Å²) in [5, 5.41) is 5.54. The molecule has 0 aliphatic heterocycles. The summed E-state index contributed by atoms with van der Waals surface area (Å²) >= 11 is 0. The van der Waals surface area contributed by atoms with Crippen molar-refractivity contribution in [1.82, 2.24) is 39.3 Å². The number of aryl methyl sites for hydroxylation is 2. The van der Waals surface area contributed by atoms with Crippen LogP contribution in [-0.2, 0) is 13.1 Å². The summed E-state index contributed by atoms with van der Waals surface area (Å²) in [6.45, 7) is 5.66. The van der Waals surface area contributed by atoms with Crippen LogP contribution in [0.25, 0.3) is 33.8 Å². The normalized spacial score (nSPS) is 15.6. The summed E-state index contributed by atoms with van der Waals surface area (Å²) in [6.07, 6.45) is 13.2. The Kier molecular flexibility index (Phi) is 5.64. The lowest BCUT2D eigenvalue weighted by atomic mass is 9.96. The van der Waals surface area contributed by atoms with E-state index in [4.69, 9.17) is 19.7 Å². The number of ether oxygens (including phenoxy) is 1. The van der Waals surface area contributed by atoms with E-state index in [0.717, 1.165) is 77.2 Å². The average Bonchev–Trinajstić information content (AvgIpc) is 3.59. The van der Waals surface area contributed by atoms with Gasteiger partial charge in [-0.15, -0.1) is 0 Å². The third-order valence-corrected chi connectivity index (χ3v) is 7.52. The maximum Gasteiger partial charge on any atom is 0.228 e. The predicted molar refractivity (Wildman–Crippen MR) is 144 cm³/mol. The van der Waals surface area contributed by atoms with Crippen LogP contribution in [0.5, 0.6) is 5.88 Å². The van der Waals surface area contributed by atoms with Gasteiger partial charge in [0.25, 0.3) is 0 Å². The van der Waals surface area contributed by atoms with E-state index in [1.165, 1.54) is 6.42 Å². The standard InChI is InChI=1S/C29H30N8O/c1-3-36-15-18(2)34-27(36)21-9-7-19(8-10-21)16-37-28-22(14-33-37)13-30-26(35-28)24-25(20-11-12-20)31-17-32-29(24)38-23-5-4-6-23/h7-10,13-15,17,20,23H,3-6,11-12,16H2,1-2H3. The second kappa shape index (κ2) is 9.31. The molecule has 0 unspecified atom stereocenters. The SMILES string of the molecule is CCn1cc(C)nc1-c1ccc(Cn2ncc3cnc(-c4c(OC5CCC5)ncnc4C4CC4)nc32)cc1. The Morgan fingerprint density at radius 1 is 0.974 bits per heavy atom. The van der Waals surface area contributed by atoms with E-state index in [1.54, 1.807) is 6.33 Å². The number of hydrogen-bond acceptors (Lipinski definition) is 7. The lowest BCUT2D eigenvalue weighted by Crippen LogP contribution is -2.25. The molecule has 0 N–H and O–H groups in total. The van der Waals surface area contributed by atoms with Gasteiger partial charge in [0.1, 0.15) is 23.8 Å². The molecule has 2 aliphatic rings. The maximum absolute atomic E-state index is 6.28. The third kappa shape index (κ3) is 4.21. The molecule has 0 atom stereocenters. The van der Waals surface area contributed by atoms with Gasteiger partial charge in [-0.1, -0.05) is 24.3 Å². The van der Waals surface area contributed by atoms with Gasteiger partial charge in [0.05, 0.1) is 29.5 Å². The summed E-state index contributed by atoms with van der Waals surface area (Å²) < 4.78 is 10.4. The molecule has 38 heavy (non-hydrogen) atoms. The van der Waals surface area contributed by atoms with Gasteiger partial charge in [-0.05, 0) is 51.5 Å². The summed E-state index contributed by atoms with van der Waals surface area (Å²) in [5.74, 6) is 2.63. The average molecular weight is 507 g/mol. The summed E-state index contributed by atoms with van der Waals surface area (Å²) in [4.78, 5) is 23.5. The number of nitrogens with zero attached hydrogens (tertiary/aromatic N) is 8. The number of imidazole rings is 1. The van der Waals surface area contributed by atoms with Gasteiger partial charge in [0.15, 0.2) is 11.5 Å². The van der Waals surface area contributed by atoms with Crippen molar-refractivity contribution in [3.8, 4) is 28.7 Å². The van der Waals surface area contributed by atoms with Crippen molar-refractivity contribution in [3.63, 3.8) is 0 Å². The molecule has 9 heteroatoms. The molecule has 2 fully saturated rings. The van der Waals surface area contributed by atoms with Crippen molar-refractivity contribution in [1.29, 1.82) is 0 Å². The van der Waals surface area contributed by atoms with Crippen LogP contribution in [0.4, 0.5) is 0 Å². The highest BCUT2D eigenvalue weighted by atomic mass is 16.5. The van der Waals surface area contributed by atoms with Crippen molar-refractivity contribution in [2.75, 3.05) is 0 Å². The zero-order valence-corrected chi connectivity index (χ0v) is 21.7. The molecular formula is C29H30N8O. The molecular weight excluding hydrogens is 476 g/mol. The molecule has 0 radical (unpaired) electrons. The molecule has 0 saturated heterocycles. The van der Waals surface area contributed by atoms with Gasteiger partial charge >= 0.3 is 0 Å². The van der Waals surface area contributed by atoms with E-state index in [-0.39, 0.29) is 6.10 Å². The van der Waals surface area contributed by atoms with Crippen LogP contribution in [0, 0.1) is 6.92 Å². The monoisotopic (exact) mass is 506 g/mol. The molecule has 2 saturated carbocycles. The van der Waals surface area contributed by atoms with Gasteiger partial charge < -0.3 is 9.30 Å². The minimum atomic E-state index is 0.215. The van der Waals surface area contributed by atoms with Gasteiger partial charge in [-0.2, -0.15) is 5.10 Å². The Morgan fingerprint density at radius 3 is 2.55 bits per heavy atom. The topological polar surface area (TPSA) is 96.4 Å². The molecule has 2 aliphatic carbocycles. The van der Waals surface area contributed by atoms with E-state index in [9.17, 15) is 0 Å². The Balaban J connectivity index is 1.21. The highest BCUT2D eigenvalue weighted by molar-refractivity contribution is 5.77. The Morgan fingerprint density at radius 2 is 1.82 bits per heavy atom. The minimum Gasteiger partial charge on any atom is -0.474 e. The fourth-order valence-corrected chi connectivity index (χ4v) is 5.05. The van der Waals surface area contributed by atoms with Crippen LogP contribution in [0.3, 0.4) is 0 Å². The lowest BCUT2D eigenvalue weighted by Gasteiger charge is -2.26. The fourth-order valence-electron chi connectivity index (χ4n) is 5.05. The maximum atomic E-state index is 6.28. The Bertz CT molecular complexity index is 1610. The van der Waals surface area contributed by atoms with Crippen molar-refractivity contribution in [2.24, 2.45) is 0 Å². The fraction of sp³-hybridized carbons (Fsp3) is 0.379. The molecule has 0 amide bonds. The van der Waals surface area contributed by atoms with Gasteiger partial charge in [-0.3, -0.25) is 0 Å². The van der Waals surface area contributed by atoms with Crippen molar-refractivity contribution in [2.45, 2.75) is 71.1 Å². The van der Waals surface area contributed by atoms with E-state index in [0.29, 0.717) is 24.2 Å². The van der Waals surface area contributed by atoms with Crippen LogP contribution in [0.2, 0.25) is 0 Å². The van der Waals surface area contributed by atoms with Crippen molar-refractivity contribution in [3.05, 3.63) is 66.1 Å².